The SMILES string of the molecule is c1ccc(-c2c3ccccc3c(-c3ccc(-c4ccc(-c5ccc6sc7ccccc7c6c5)cc4)cn3)c3ccccc23)cc1.c1ccc(-c2c3ccccc3c(-c3ccc(-c4ccc5c(c4)sc4c6ccccc6ccc54)cn3)c3ccccc23)cc1.c1ccc(-c2c3ccccc3c(-c3ccc(-c4cccc5c4sc4c6ccccc6ccc54)cn3)c3ccccc23)cc1. The van der Waals surface area contributed by atoms with Gasteiger partial charge in [-0.15, -0.1) is 34.0 Å². The Morgan fingerprint density at radius 1 is 0.137 bits per heavy atom. The van der Waals surface area contributed by atoms with Crippen molar-refractivity contribution in [2.75, 3.05) is 0 Å². The van der Waals surface area contributed by atoms with Crippen LogP contribution in [-0.2, 0) is 0 Å². The van der Waals surface area contributed by atoms with Crippen LogP contribution in [0.4, 0.5) is 0 Å². The van der Waals surface area contributed by atoms with Gasteiger partial charge in [-0.2, -0.15) is 0 Å². The zero-order valence-corrected chi connectivity index (χ0v) is 73.5. The van der Waals surface area contributed by atoms with Crippen molar-refractivity contribution in [2.45, 2.75) is 0 Å². The molecule has 0 unspecified atom stereocenters. The van der Waals surface area contributed by atoms with E-state index in [-0.39, 0.29) is 0 Å². The Morgan fingerprint density at radius 2 is 0.435 bits per heavy atom. The molecule has 0 fully saturated rings. The highest BCUT2D eigenvalue weighted by molar-refractivity contribution is 7.27. The van der Waals surface area contributed by atoms with Crippen LogP contribution in [0.5, 0.6) is 0 Å². The van der Waals surface area contributed by atoms with E-state index in [1.807, 2.05) is 46.4 Å². The van der Waals surface area contributed by atoms with Crippen molar-refractivity contribution in [3.8, 4) is 112 Å². The summed E-state index contributed by atoms with van der Waals surface area (Å²) in [6, 6.07) is 162. The summed E-state index contributed by atoms with van der Waals surface area (Å²) in [6.07, 6.45) is 6.11. The monoisotopic (exact) mass is 1720 g/mol. The van der Waals surface area contributed by atoms with Crippen LogP contribution in [0.2, 0.25) is 0 Å². The molecule has 0 saturated carbocycles. The molecule has 0 spiro atoms. The lowest BCUT2D eigenvalue weighted by Gasteiger charge is -2.17. The third-order valence-corrected chi connectivity index (χ3v) is 30.0. The number of pyridine rings is 3. The Bertz CT molecular complexity index is 9010. The van der Waals surface area contributed by atoms with Gasteiger partial charge in [-0.1, -0.05) is 406 Å². The number of fused-ring (bicyclic) bond motifs is 19. The van der Waals surface area contributed by atoms with E-state index in [2.05, 4.69) is 455 Å². The van der Waals surface area contributed by atoms with E-state index in [1.165, 1.54) is 219 Å². The Hall–Kier alpha value is -16.2. The molecule has 0 aliphatic carbocycles. The number of thiophene rings is 3. The molecule has 0 aliphatic rings. The van der Waals surface area contributed by atoms with Gasteiger partial charge in [0.1, 0.15) is 0 Å². The molecule has 3 nitrogen and oxygen atoms in total. The van der Waals surface area contributed by atoms with Crippen molar-refractivity contribution in [3.63, 3.8) is 0 Å². The summed E-state index contributed by atoms with van der Waals surface area (Å²) >= 11 is 5.63. The van der Waals surface area contributed by atoms with Crippen molar-refractivity contribution in [2.24, 2.45) is 0 Å². The maximum atomic E-state index is 5.14. The highest BCUT2D eigenvalue weighted by Gasteiger charge is 2.24. The zero-order chi connectivity index (χ0) is 86.4. The lowest BCUT2D eigenvalue weighted by Crippen LogP contribution is -1.92. The lowest BCUT2D eigenvalue weighted by atomic mass is 9.87. The molecular formula is C125H77N3S3. The van der Waals surface area contributed by atoms with Crippen LogP contribution in [0, 0.1) is 0 Å². The maximum Gasteiger partial charge on any atom is 0.0714 e. The molecule has 0 atom stereocenters. The second-order valence-corrected chi connectivity index (χ2v) is 36.9. The van der Waals surface area contributed by atoms with Gasteiger partial charge in [-0.25, -0.2) is 0 Å². The van der Waals surface area contributed by atoms with Crippen molar-refractivity contribution < 1.29 is 0 Å². The van der Waals surface area contributed by atoms with Crippen LogP contribution in [0.1, 0.15) is 0 Å². The van der Waals surface area contributed by atoms with Gasteiger partial charge in [-0.05, 0) is 184 Å². The molecule has 0 amide bonds. The van der Waals surface area contributed by atoms with Gasteiger partial charge in [-0.3, -0.25) is 15.0 Å². The largest absolute Gasteiger partial charge is 0.256 e. The normalized spacial score (nSPS) is 11.7. The van der Waals surface area contributed by atoms with Crippen molar-refractivity contribution >= 4 is 181 Å². The van der Waals surface area contributed by atoms with Crippen LogP contribution >= 0.6 is 34.0 Å². The first-order chi connectivity index (χ1) is 65.0. The van der Waals surface area contributed by atoms with Crippen LogP contribution in [-0.4, -0.2) is 15.0 Å². The molecule has 131 heavy (non-hydrogen) atoms. The fourth-order valence-electron chi connectivity index (χ4n) is 20.3. The van der Waals surface area contributed by atoms with E-state index in [0.29, 0.717) is 0 Å². The smallest absolute Gasteiger partial charge is 0.0714 e. The van der Waals surface area contributed by atoms with Crippen molar-refractivity contribution in [3.05, 3.63) is 468 Å². The fraction of sp³-hybridized carbons (Fsp3) is 0. The second-order valence-electron chi connectivity index (χ2n) is 33.7. The molecule has 0 saturated heterocycles. The number of hydrogen-bond acceptors (Lipinski definition) is 6. The van der Waals surface area contributed by atoms with E-state index >= 15 is 0 Å². The minimum Gasteiger partial charge on any atom is -0.256 e. The summed E-state index contributed by atoms with van der Waals surface area (Å²) in [5.74, 6) is 0. The zero-order valence-electron chi connectivity index (χ0n) is 71.0. The molecule has 6 heterocycles. The predicted molar refractivity (Wildman–Crippen MR) is 566 cm³/mol. The maximum absolute atomic E-state index is 5.14. The molecule has 0 aliphatic heterocycles. The Morgan fingerprint density at radius 3 is 0.870 bits per heavy atom. The van der Waals surface area contributed by atoms with Gasteiger partial charge in [0.2, 0.25) is 0 Å². The van der Waals surface area contributed by atoms with Gasteiger partial charge in [0.25, 0.3) is 0 Å². The number of nitrogens with zero attached hydrogens (tertiary/aromatic N) is 3. The Balaban J connectivity index is 0.000000106. The van der Waals surface area contributed by atoms with Gasteiger partial charge in [0, 0.05) is 118 Å². The summed E-state index contributed by atoms with van der Waals surface area (Å²) in [5.41, 5.74) is 23.4. The number of hydrogen-bond donors (Lipinski definition) is 0. The summed E-state index contributed by atoms with van der Waals surface area (Å²) in [4.78, 5) is 15.3. The average Bonchev–Trinajstić information content (AvgIpc) is 1.69. The van der Waals surface area contributed by atoms with E-state index < -0.39 is 0 Å². The molecular weight excluding hydrogens is 1640 g/mol. The first-order valence-electron chi connectivity index (χ1n) is 44.6. The summed E-state index contributed by atoms with van der Waals surface area (Å²) < 4.78 is 7.99. The van der Waals surface area contributed by atoms with Gasteiger partial charge in [0.15, 0.2) is 0 Å². The Kier molecular flexibility index (Phi) is 19.2. The minimum atomic E-state index is 0.985. The van der Waals surface area contributed by atoms with E-state index in [4.69, 9.17) is 15.0 Å². The highest BCUT2D eigenvalue weighted by Crippen LogP contribution is 2.51. The van der Waals surface area contributed by atoms with Crippen molar-refractivity contribution in [1.29, 1.82) is 0 Å². The molecule has 27 aromatic rings. The number of aromatic nitrogens is 3. The molecule has 610 valence electrons. The third kappa shape index (κ3) is 13.5. The van der Waals surface area contributed by atoms with Crippen LogP contribution in [0.3, 0.4) is 0 Å². The quantitative estimate of drug-likeness (QED) is 0.128. The average molecular weight is 1720 g/mol. The standard InChI is InChI=1S/C43H27NS.2C41H25NS/c1-2-10-30(11-3-1)42-34-13-4-6-15-36(34)43(37-16-7-5-14-35(37)42)39-24-22-32(27-44-39)29-20-18-28(19-21-29)31-23-25-41-38(26-31)33-12-8-9-17-40(33)45-41;1-2-12-27(13-3-1)38-31-15-6-8-17-33(31)39(34-18-9-7-16-32(34)38)37-24-22-28(25-42-37)30-19-10-20-35-36-23-21-26-11-4-5-14-29(26)40(36)43-41(30)35;1-2-11-27(12-3-1)39-32-14-6-8-16-34(32)40(35-17-9-7-15-33(35)39)37-23-20-29(25-42-37)28-19-21-31-36-22-18-26-10-4-5-13-30(26)41(36)43-38(31)24-28/h1-27H;2*1-25H. The molecule has 0 bridgehead atoms. The molecule has 6 aromatic heterocycles. The minimum absolute atomic E-state index is 0.985. The fourth-order valence-corrected chi connectivity index (χ4v) is 24.0. The van der Waals surface area contributed by atoms with Gasteiger partial charge in [0.05, 0.1) is 17.1 Å². The van der Waals surface area contributed by atoms with Gasteiger partial charge >= 0.3 is 0 Å². The topological polar surface area (TPSA) is 38.7 Å². The van der Waals surface area contributed by atoms with Crippen LogP contribution in [0.15, 0.2) is 468 Å². The molecule has 0 radical (unpaired) electrons. The van der Waals surface area contributed by atoms with Gasteiger partial charge < -0.3 is 0 Å². The molecule has 0 N–H and O–H groups in total. The summed E-state index contributed by atoms with van der Waals surface area (Å²) in [7, 11) is 0. The molecule has 21 aromatic carbocycles. The molecule has 6 heteroatoms. The molecule has 27 rings (SSSR count). The number of benzene rings is 21. The first kappa shape index (κ1) is 77.2. The van der Waals surface area contributed by atoms with Crippen molar-refractivity contribution in [1.82, 2.24) is 15.0 Å². The van der Waals surface area contributed by atoms with E-state index in [0.717, 1.165) is 39.3 Å². The predicted octanol–water partition coefficient (Wildman–Crippen LogP) is 36.2. The second kappa shape index (κ2) is 32.6. The van der Waals surface area contributed by atoms with Crippen LogP contribution in [0.25, 0.3) is 258 Å². The van der Waals surface area contributed by atoms with E-state index in [1.54, 1.807) is 0 Å². The number of rotatable bonds is 10. The van der Waals surface area contributed by atoms with E-state index in [9.17, 15) is 0 Å². The summed E-state index contributed by atoms with van der Waals surface area (Å²) in [5, 5.41) is 27.9. The Labute approximate surface area is 768 Å². The van der Waals surface area contributed by atoms with Crippen LogP contribution < -0.4 is 0 Å². The highest BCUT2D eigenvalue weighted by atomic mass is 32.1. The first-order valence-corrected chi connectivity index (χ1v) is 47.0. The summed E-state index contributed by atoms with van der Waals surface area (Å²) in [6.45, 7) is 0. The third-order valence-electron chi connectivity index (χ3n) is 26.4. The lowest BCUT2D eigenvalue weighted by molar-refractivity contribution is 1.34.